The third-order valence-electron chi connectivity index (χ3n) is 2.10. The van der Waals surface area contributed by atoms with Gasteiger partial charge in [0.1, 0.15) is 11.4 Å². The quantitative estimate of drug-likeness (QED) is 0.843. The first-order valence-electron chi connectivity index (χ1n) is 5.54. The molecule has 4 nitrogen and oxygen atoms in total. The van der Waals surface area contributed by atoms with Crippen LogP contribution in [0.25, 0.3) is 0 Å². The van der Waals surface area contributed by atoms with Crippen molar-refractivity contribution in [1.29, 1.82) is 0 Å². The highest BCUT2D eigenvalue weighted by molar-refractivity contribution is 5.67. The minimum absolute atomic E-state index is 0.0844. The van der Waals surface area contributed by atoms with Gasteiger partial charge >= 0.3 is 5.97 Å². The van der Waals surface area contributed by atoms with Gasteiger partial charge in [0.15, 0.2) is 0 Å². The highest BCUT2D eigenvalue weighted by atomic mass is 16.5. The predicted octanol–water partition coefficient (Wildman–Crippen LogP) is 2.34. The molecular weight excluding hydrogens is 218 g/mol. The molecule has 0 bridgehead atoms. The molecule has 1 atom stereocenters. The number of ether oxygens (including phenoxy) is 1. The van der Waals surface area contributed by atoms with E-state index < -0.39 is 12.0 Å². The molecule has 0 amide bonds. The molecule has 1 aromatic rings. The molecule has 0 aromatic heterocycles. The smallest absolute Gasteiger partial charge is 0.305 e. The Balaban J connectivity index is 2.82. The molecule has 0 aliphatic carbocycles. The monoisotopic (exact) mass is 237 g/mol. The maximum absolute atomic E-state index is 10.6. The average Bonchev–Trinajstić information content (AvgIpc) is 2.14. The molecule has 0 saturated carbocycles. The SMILES string of the molecule is CC(C)(C)Oc1cccc(C(N)CC(=O)O)c1. The van der Waals surface area contributed by atoms with E-state index in [1.54, 1.807) is 6.07 Å². The third-order valence-corrected chi connectivity index (χ3v) is 2.10. The summed E-state index contributed by atoms with van der Waals surface area (Å²) in [5.74, 6) is -0.199. The van der Waals surface area contributed by atoms with E-state index in [1.807, 2.05) is 39.0 Å². The van der Waals surface area contributed by atoms with E-state index in [-0.39, 0.29) is 12.0 Å². The van der Waals surface area contributed by atoms with Crippen LogP contribution in [0.3, 0.4) is 0 Å². The van der Waals surface area contributed by atoms with Gasteiger partial charge < -0.3 is 15.6 Å². The number of hydrogen-bond donors (Lipinski definition) is 2. The third kappa shape index (κ3) is 4.87. The van der Waals surface area contributed by atoms with Crippen molar-refractivity contribution in [2.24, 2.45) is 5.73 Å². The van der Waals surface area contributed by atoms with E-state index in [9.17, 15) is 4.79 Å². The summed E-state index contributed by atoms with van der Waals surface area (Å²) >= 11 is 0. The zero-order chi connectivity index (χ0) is 13.1. The van der Waals surface area contributed by atoms with Gasteiger partial charge in [0.2, 0.25) is 0 Å². The number of nitrogens with two attached hydrogens (primary N) is 1. The molecule has 94 valence electrons. The van der Waals surface area contributed by atoms with E-state index in [4.69, 9.17) is 15.6 Å². The van der Waals surface area contributed by atoms with Gasteiger partial charge in [-0.2, -0.15) is 0 Å². The van der Waals surface area contributed by atoms with Gasteiger partial charge in [-0.3, -0.25) is 4.79 Å². The van der Waals surface area contributed by atoms with Crippen LogP contribution in [0.2, 0.25) is 0 Å². The summed E-state index contributed by atoms with van der Waals surface area (Å²) in [7, 11) is 0. The highest BCUT2D eigenvalue weighted by Gasteiger charge is 2.14. The standard InChI is InChI=1S/C13H19NO3/c1-13(2,3)17-10-6-4-5-9(7-10)11(14)8-12(15)16/h4-7,11H,8,14H2,1-3H3,(H,15,16). The number of hydrogen-bond acceptors (Lipinski definition) is 3. The first-order chi connectivity index (χ1) is 7.78. The van der Waals surface area contributed by atoms with Crippen molar-refractivity contribution in [1.82, 2.24) is 0 Å². The largest absolute Gasteiger partial charge is 0.488 e. The molecule has 0 aliphatic rings. The number of carbonyl (C=O) groups is 1. The lowest BCUT2D eigenvalue weighted by atomic mass is 10.0. The number of benzene rings is 1. The molecule has 0 radical (unpaired) electrons. The minimum atomic E-state index is -0.903. The average molecular weight is 237 g/mol. The maximum Gasteiger partial charge on any atom is 0.305 e. The van der Waals surface area contributed by atoms with Crippen molar-refractivity contribution in [3.05, 3.63) is 29.8 Å². The van der Waals surface area contributed by atoms with Gasteiger partial charge in [0.25, 0.3) is 0 Å². The van der Waals surface area contributed by atoms with Crippen molar-refractivity contribution in [3.8, 4) is 5.75 Å². The molecule has 0 heterocycles. The highest BCUT2D eigenvalue weighted by Crippen LogP contribution is 2.23. The van der Waals surface area contributed by atoms with Crippen LogP contribution in [0.5, 0.6) is 5.75 Å². The van der Waals surface area contributed by atoms with Crippen molar-refractivity contribution in [2.75, 3.05) is 0 Å². The Morgan fingerprint density at radius 2 is 2.12 bits per heavy atom. The summed E-state index contributed by atoms with van der Waals surface area (Å²) in [4.78, 5) is 10.6. The molecule has 3 N–H and O–H groups in total. The van der Waals surface area contributed by atoms with Gasteiger partial charge in [-0.25, -0.2) is 0 Å². The lowest BCUT2D eigenvalue weighted by Crippen LogP contribution is -2.23. The molecule has 1 aromatic carbocycles. The Bertz CT molecular complexity index is 396. The number of rotatable bonds is 4. The van der Waals surface area contributed by atoms with Crippen LogP contribution in [0.4, 0.5) is 0 Å². The fraction of sp³-hybridized carbons (Fsp3) is 0.462. The summed E-state index contributed by atoms with van der Waals surface area (Å²) < 4.78 is 5.69. The van der Waals surface area contributed by atoms with Crippen molar-refractivity contribution >= 4 is 5.97 Å². The zero-order valence-electron chi connectivity index (χ0n) is 10.4. The Morgan fingerprint density at radius 1 is 1.47 bits per heavy atom. The Hall–Kier alpha value is -1.55. The van der Waals surface area contributed by atoms with Crippen LogP contribution < -0.4 is 10.5 Å². The number of aliphatic carboxylic acids is 1. The van der Waals surface area contributed by atoms with Gasteiger partial charge in [-0.15, -0.1) is 0 Å². The van der Waals surface area contributed by atoms with E-state index in [0.717, 1.165) is 5.56 Å². The Morgan fingerprint density at radius 3 is 2.65 bits per heavy atom. The number of carboxylic acids is 1. The van der Waals surface area contributed by atoms with Crippen molar-refractivity contribution in [3.63, 3.8) is 0 Å². The van der Waals surface area contributed by atoms with Gasteiger partial charge in [0, 0.05) is 6.04 Å². The van der Waals surface area contributed by atoms with Crippen LogP contribution in [0, 0.1) is 0 Å². The second-order valence-corrected chi connectivity index (χ2v) is 4.99. The van der Waals surface area contributed by atoms with E-state index in [2.05, 4.69) is 0 Å². The molecule has 1 unspecified atom stereocenters. The Labute approximate surface area is 101 Å². The summed E-state index contributed by atoms with van der Waals surface area (Å²) in [6, 6.07) is 6.75. The first kappa shape index (κ1) is 13.5. The van der Waals surface area contributed by atoms with E-state index in [0.29, 0.717) is 5.75 Å². The molecule has 0 aliphatic heterocycles. The summed E-state index contributed by atoms with van der Waals surface area (Å²) in [5.41, 5.74) is 6.28. The fourth-order valence-corrected chi connectivity index (χ4v) is 1.47. The predicted molar refractivity (Wildman–Crippen MR) is 66.0 cm³/mol. The van der Waals surface area contributed by atoms with Crippen LogP contribution in [-0.2, 0) is 4.79 Å². The van der Waals surface area contributed by atoms with Gasteiger partial charge in [0.05, 0.1) is 6.42 Å². The van der Waals surface area contributed by atoms with Crippen LogP contribution in [0.1, 0.15) is 38.8 Å². The van der Waals surface area contributed by atoms with Crippen molar-refractivity contribution < 1.29 is 14.6 Å². The van der Waals surface area contributed by atoms with Gasteiger partial charge in [-0.05, 0) is 38.5 Å². The second kappa shape index (κ2) is 5.19. The fourth-order valence-electron chi connectivity index (χ4n) is 1.47. The lowest BCUT2D eigenvalue weighted by molar-refractivity contribution is -0.137. The van der Waals surface area contributed by atoms with E-state index >= 15 is 0 Å². The molecule has 4 heteroatoms. The molecule has 0 fully saturated rings. The van der Waals surface area contributed by atoms with Gasteiger partial charge in [-0.1, -0.05) is 12.1 Å². The molecular formula is C13H19NO3. The minimum Gasteiger partial charge on any atom is -0.488 e. The maximum atomic E-state index is 10.6. The van der Waals surface area contributed by atoms with Crippen LogP contribution in [-0.4, -0.2) is 16.7 Å². The normalized spacial score (nSPS) is 13.2. The Kier molecular flexibility index (Phi) is 4.12. The topological polar surface area (TPSA) is 72.5 Å². The zero-order valence-corrected chi connectivity index (χ0v) is 10.4. The van der Waals surface area contributed by atoms with E-state index in [1.165, 1.54) is 0 Å². The molecule has 0 spiro atoms. The summed E-state index contributed by atoms with van der Waals surface area (Å²) in [5, 5.41) is 8.69. The lowest BCUT2D eigenvalue weighted by Gasteiger charge is -2.22. The van der Waals surface area contributed by atoms with Crippen molar-refractivity contribution in [2.45, 2.75) is 38.8 Å². The summed E-state index contributed by atoms with van der Waals surface area (Å²) in [6.45, 7) is 5.87. The number of carboxylic acid groups (broad SMARTS) is 1. The first-order valence-corrected chi connectivity index (χ1v) is 5.54. The summed E-state index contributed by atoms with van der Waals surface area (Å²) in [6.07, 6.45) is -0.0844. The van der Waals surface area contributed by atoms with Crippen LogP contribution >= 0.6 is 0 Å². The molecule has 17 heavy (non-hydrogen) atoms. The van der Waals surface area contributed by atoms with Crippen LogP contribution in [0.15, 0.2) is 24.3 Å². The molecule has 0 saturated heterocycles. The molecule has 1 rings (SSSR count). The second-order valence-electron chi connectivity index (χ2n) is 4.99.